The number of aromatic nitrogens is 1. The number of likely N-dealkylation sites (N-methyl/N-ethyl adjacent to an activating group) is 1. The van der Waals surface area contributed by atoms with Gasteiger partial charge in [-0.2, -0.15) is 0 Å². The number of likely N-dealkylation sites (tertiary alicyclic amines) is 1. The van der Waals surface area contributed by atoms with Crippen molar-refractivity contribution in [2.24, 2.45) is 0 Å². The molecule has 4 heteroatoms. The zero-order chi connectivity index (χ0) is 19.2. The molecule has 1 aliphatic rings. The van der Waals surface area contributed by atoms with Gasteiger partial charge in [0.05, 0.1) is 7.11 Å². The number of methoxy groups -OCH3 is 1. The quantitative estimate of drug-likeness (QED) is 0.703. The summed E-state index contributed by atoms with van der Waals surface area (Å²) in [6.45, 7) is 8.75. The predicted molar refractivity (Wildman–Crippen MR) is 111 cm³/mol. The molecule has 1 aromatic carbocycles. The van der Waals surface area contributed by atoms with Gasteiger partial charge in [0.25, 0.3) is 0 Å². The molecule has 0 unspecified atom stereocenters. The number of pyridine rings is 1. The number of benzene rings is 1. The fraction of sp³-hybridized carbons (Fsp3) is 0.522. The first-order chi connectivity index (χ1) is 13.1. The Morgan fingerprint density at radius 3 is 2.70 bits per heavy atom. The Hall–Kier alpha value is -1.91. The van der Waals surface area contributed by atoms with Crippen molar-refractivity contribution in [1.82, 2.24) is 14.8 Å². The third-order valence-corrected chi connectivity index (χ3v) is 5.73. The highest BCUT2D eigenvalue weighted by atomic mass is 16.5. The molecule has 3 rings (SSSR count). The fourth-order valence-corrected chi connectivity index (χ4v) is 3.85. The van der Waals surface area contributed by atoms with Crippen molar-refractivity contribution in [2.75, 3.05) is 27.2 Å². The standard InChI is InChI=1S/C23H33N3O/c1-18-8-7-11-24-22(18)14-19(2)25(3)16-20-9-10-23(27-4)21(15-20)17-26-12-5-6-13-26/h7-11,15,19H,5-6,12-14,16-17H2,1-4H3/t19-/m0/s1. The van der Waals surface area contributed by atoms with Gasteiger partial charge in [0.2, 0.25) is 0 Å². The minimum Gasteiger partial charge on any atom is -0.496 e. The average Bonchev–Trinajstić information content (AvgIpc) is 3.17. The van der Waals surface area contributed by atoms with Gasteiger partial charge in [-0.3, -0.25) is 14.8 Å². The molecule has 0 spiro atoms. The second kappa shape index (κ2) is 9.34. The normalized spacial score (nSPS) is 16.0. The number of aryl methyl sites for hydroxylation is 1. The maximum atomic E-state index is 5.61. The Morgan fingerprint density at radius 1 is 1.22 bits per heavy atom. The Labute approximate surface area is 164 Å². The van der Waals surface area contributed by atoms with Crippen LogP contribution in [0.3, 0.4) is 0 Å². The van der Waals surface area contributed by atoms with Gasteiger partial charge in [0.15, 0.2) is 0 Å². The summed E-state index contributed by atoms with van der Waals surface area (Å²) < 4.78 is 5.61. The van der Waals surface area contributed by atoms with E-state index >= 15 is 0 Å². The van der Waals surface area contributed by atoms with Crippen LogP contribution in [0.5, 0.6) is 5.75 Å². The van der Waals surface area contributed by atoms with Crippen LogP contribution in [0.1, 0.15) is 42.1 Å². The molecular formula is C23H33N3O. The van der Waals surface area contributed by atoms with Crippen molar-refractivity contribution in [3.63, 3.8) is 0 Å². The van der Waals surface area contributed by atoms with Crippen LogP contribution in [0.4, 0.5) is 0 Å². The molecule has 27 heavy (non-hydrogen) atoms. The van der Waals surface area contributed by atoms with Gasteiger partial charge >= 0.3 is 0 Å². The SMILES string of the molecule is COc1ccc(CN(C)[C@@H](C)Cc2ncccc2C)cc1CN1CCCC1. The summed E-state index contributed by atoms with van der Waals surface area (Å²) in [4.78, 5) is 9.49. The van der Waals surface area contributed by atoms with Crippen LogP contribution in [-0.4, -0.2) is 48.1 Å². The van der Waals surface area contributed by atoms with Gasteiger partial charge < -0.3 is 4.74 Å². The number of hydrogen-bond acceptors (Lipinski definition) is 4. The van der Waals surface area contributed by atoms with E-state index in [0.717, 1.165) is 25.3 Å². The summed E-state index contributed by atoms with van der Waals surface area (Å²) in [5.41, 5.74) is 5.12. The van der Waals surface area contributed by atoms with Gasteiger partial charge in [-0.25, -0.2) is 0 Å². The second-order valence-electron chi connectivity index (χ2n) is 7.86. The number of ether oxygens (including phenoxy) is 1. The monoisotopic (exact) mass is 367 g/mol. The largest absolute Gasteiger partial charge is 0.496 e. The molecule has 1 aromatic heterocycles. The highest BCUT2D eigenvalue weighted by Crippen LogP contribution is 2.24. The van der Waals surface area contributed by atoms with Crippen molar-refractivity contribution in [1.29, 1.82) is 0 Å². The van der Waals surface area contributed by atoms with Gasteiger partial charge in [0.1, 0.15) is 5.75 Å². The lowest BCUT2D eigenvalue weighted by Gasteiger charge is -2.26. The van der Waals surface area contributed by atoms with Gasteiger partial charge in [0, 0.05) is 43.0 Å². The zero-order valence-corrected chi connectivity index (χ0v) is 17.2. The van der Waals surface area contributed by atoms with Gasteiger partial charge in [-0.15, -0.1) is 0 Å². The summed E-state index contributed by atoms with van der Waals surface area (Å²) in [6, 6.07) is 11.2. The lowest BCUT2D eigenvalue weighted by molar-refractivity contribution is 0.246. The molecule has 4 nitrogen and oxygen atoms in total. The van der Waals surface area contributed by atoms with E-state index in [1.165, 1.54) is 48.3 Å². The minimum atomic E-state index is 0.433. The molecule has 1 aliphatic heterocycles. The van der Waals surface area contributed by atoms with Crippen molar-refractivity contribution < 1.29 is 4.74 Å². The van der Waals surface area contributed by atoms with Crippen molar-refractivity contribution in [3.8, 4) is 5.75 Å². The zero-order valence-electron chi connectivity index (χ0n) is 17.2. The summed E-state index contributed by atoms with van der Waals surface area (Å²) in [7, 11) is 3.97. The first-order valence-corrected chi connectivity index (χ1v) is 10.1. The van der Waals surface area contributed by atoms with Crippen LogP contribution in [0, 0.1) is 6.92 Å². The fourth-order valence-electron chi connectivity index (χ4n) is 3.85. The van der Waals surface area contributed by atoms with E-state index in [4.69, 9.17) is 4.74 Å². The lowest BCUT2D eigenvalue weighted by atomic mass is 10.1. The second-order valence-corrected chi connectivity index (χ2v) is 7.86. The Kier molecular flexibility index (Phi) is 6.86. The summed E-state index contributed by atoms with van der Waals surface area (Å²) in [6.07, 6.45) is 5.49. The van der Waals surface area contributed by atoms with Crippen molar-refractivity contribution in [2.45, 2.75) is 52.2 Å². The van der Waals surface area contributed by atoms with Crippen LogP contribution >= 0.6 is 0 Å². The molecule has 0 saturated carbocycles. The van der Waals surface area contributed by atoms with Crippen LogP contribution in [0.25, 0.3) is 0 Å². The highest BCUT2D eigenvalue weighted by Gasteiger charge is 2.16. The topological polar surface area (TPSA) is 28.6 Å². The molecular weight excluding hydrogens is 334 g/mol. The average molecular weight is 368 g/mol. The van der Waals surface area contributed by atoms with Gasteiger partial charge in [-0.1, -0.05) is 12.1 Å². The van der Waals surface area contributed by atoms with Crippen molar-refractivity contribution >= 4 is 0 Å². The lowest BCUT2D eigenvalue weighted by Crippen LogP contribution is -2.31. The molecule has 1 fully saturated rings. The maximum Gasteiger partial charge on any atom is 0.123 e. The molecule has 2 heterocycles. The van der Waals surface area contributed by atoms with Crippen molar-refractivity contribution in [3.05, 3.63) is 58.9 Å². The third kappa shape index (κ3) is 5.30. The molecule has 0 amide bonds. The Bertz CT molecular complexity index is 740. The van der Waals surface area contributed by atoms with E-state index in [1.54, 1.807) is 7.11 Å². The molecule has 1 atom stereocenters. The summed E-state index contributed by atoms with van der Waals surface area (Å²) >= 11 is 0. The molecule has 0 aliphatic carbocycles. The Morgan fingerprint density at radius 2 is 2.00 bits per heavy atom. The van der Waals surface area contributed by atoms with Crippen LogP contribution in [-0.2, 0) is 19.5 Å². The first-order valence-electron chi connectivity index (χ1n) is 10.1. The highest BCUT2D eigenvalue weighted by molar-refractivity contribution is 5.37. The molecule has 2 aromatic rings. The molecule has 0 N–H and O–H groups in total. The molecule has 0 radical (unpaired) electrons. The summed E-state index contributed by atoms with van der Waals surface area (Å²) in [5, 5.41) is 0. The Balaban J connectivity index is 1.65. The number of nitrogens with zero attached hydrogens (tertiary/aromatic N) is 3. The molecule has 146 valence electrons. The minimum absolute atomic E-state index is 0.433. The third-order valence-electron chi connectivity index (χ3n) is 5.73. The summed E-state index contributed by atoms with van der Waals surface area (Å²) in [5.74, 6) is 1.01. The predicted octanol–water partition coefficient (Wildman–Crippen LogP) is 4.06. The molecule has 1 saturated heterocycles. The van der Waals surface area contributed by atoms with E-state index < -0.39 is 0 Å². The number of rotatable bonds is 8. The van der Waals surface area contributed by atoms with E-state index in [2.05, 4.69) is 59.9 Å². The smallest absolute Gasteiger partial charge is 0.123 e. The number of hydrogen-bond donors (Lipinski definition) is 0. The van der Waals surface area contributed by atoms with Gasteiger partial charge in [-0.05, 0) is 76.2 Å². The van der Waals surface area contributed by atoms with Crippen LogP contribution in [0.2, 0.25) is 0 Å². The maximum absolute atomic E-state index is 5.61. The van der Waals surface area contributed by atoms with E-state index in [9.17, 15) is 0 Å². The van der Waals surface area contributed by atoms with Crippen LogP contribution in [0.15, 0.2) is 36.5 Å². The first kappa shape index (κ1) is 19.8. The van der Waals surface area contributed by atoms with E-state index in [1.807, 2.05) is 12.3 Å². The van der Waals surface area contributed by atoms with E-state index in [-0.39, 0.29) is 0 Å². The molecule has 0 bridgehead atoms. The van der Waals surface area contributed by atoms with E-state index in [0.29, 0.717) is 6.04 Å². The van der Waals surface area contributed by atoms with Crippen LogP contribution < -0.4 is 4.74 Å².